The first-order chi connectivity index (χ1) is 9.29. The molecule has 0 radical (unpaired) electrons. The van der Waals surface area contributed by atoms with Crippen LogP contribution in [0.5, 0.6) is 5.75 Å². The molecule has 0 N–H and O–H groups in total. The number of aromatic nitrogens is 1. The van der Waals surface area contributed by atoms with E-state index in [0.29, 0.717) is 19.1 Å². The Morgan fingerprint density at radius 1 is 1.26 bits per heavy atom. The second kappa shape index (κ2) is 7.48. The molecule has 19 heavy (non-hydrogen) atoms. The van der Waals surface area contributed by atoms with Crippen molar-refractivity contribution < 1.29 is 9.47 Å². The van der Waals surface area contributed by atoms with Gasteiger partial charge in [0.15, 0.2) is 0 Å². The van der Waals surface area contributed by atoms with Crippen molar-refractivity contribution in [2.24, 2.45) is 0 Å². The lowest BCUT2D eigenvalue weighted by atomic mass is 10.3. The fourth-order valence-corrected chi connectivity index (χ4v) is 2.59. The summed E-state index contributed by atoms with van der Waals surface area (Å²) in [4.78, 5) is 4.39. The summed E-state index contributed by atoms with van der Waals surface area (Å²) < 4.78 is 11.2. The smallest absolute Gasteiger partial charge is 0.122 e. The predicted octanol–water partition coefficient (Wildman–Crippen LogP) is 4.04. The molecule has 0 aliphatic carbocycles. The molecule has 102 valence electrons. The maximum atomic E-state index is 5.72. The summed E-state index contributed by atoms with van der Waals surface area (Å²) in [6.07, 6.45) is -0.0265. The largest absolute Gasteiger partial charge is 0.491 e. The zero-order valence-electron chi connectivity index (χ0n) is 10.7. The number of rotatable bonds is 7. The number of ether oxygens (including phenoxy) is 2. The Labute approximate surface area is 122 Å². The molecular weight excluding hydrogens is 282 g/mol. The Bertz CT molecular complexity index is 489. The summed E-state index contributed by atoms with van der Waals surface area (Å²) in [5.74, 6) is 1.30. The van der Waals surface area contributed by atoms with Crippen molar-refractivity contribution in [3.8, 4) is 5.75 Å². The molecule has 2 rings (SSSR count). The molecule has 1 aromatic heterocycles. The SMILES string of the molecule is CC(OCCOc1ccccc1)c1nc(CCl)cs1. The molecule has 0 saturated carbocycles. The molecule has 0 aliphatic heterocycles. The number of hydrogen-bond acceptors (Lipinski definition) is 4. The van der Waals surface area contributed by atoms with Gasteiger partial charge >= 0.3 is 0 Å². The molecule has 3 nitrogen and oxygen atoms in total. The molecule has 0 bridgehead atoms. The van der Waals surface area contributed by atoms with Gasteiger partial charge in [-0.05, 0) is 19.1 Å². The fraction of sp³-hybridized carbons (Fsp3) is 0.357. The van der Waals surface area contributed by atoms with Crippen LogP contribution in [0.1, 0.15) is 23.7 Å². The lowest BCUT2D eigenvalue weighted by molar-refractivity contribution is 0.0437. The Morgan fingerprint density at radius 2 is 2.05 bits per heavy atom. The second-order valence-electron chi connectivity index (χ2n) is 3.99. The Morgan fingerprint density at radius 3 is 2.74 bits per heavy atom. The molecule has 1 unspecified atom stereocenters. The fourth-order valence-electron chi connectivity index (χ4n) is 1.54. The first-order valence-corrected chi connectivity index (χ1v) is 7.50. The third-order valence-corrected chi connectivity index (χ3v) is 3.85. The van der Waals surface area contributed by atoms with E-state index in [1.54, 1.807) is 11.3 Å². The van der Waals surface area contributed by atoms with Gasteiger partial charge in [0.05, 0.1) is 18.2 Å². The van der Waals surface area contributed by atoms with Crippen molar-refractivity contribution in [2.75, 3.05) is 13.2 Å². The quantitative estimate of drug-likeness (QED) is 0.571. The van der Waals surface area contributed by atoms with Crippen LogP contribution in [-0.2, 0) is 10.6 Å². The van der Waals surface area contributed by atoms with Gasteiger partial charge in [0.1, 0.15) is 23.5 Å². The summed E-state index contributed by atoms with van der Waals surface area (Å²) in [5.41, 5.74) is 0.901. The highest BCUT2D eigenvalue weighted by atomic mass is 35.5. The molecular formula is C14H16ClNO2S. The topological polar surface area (TPSA) is 31.4 Å². The van der Waals surface area contributed by atoms with Crippen molar-refractivity contribution in [3.05, 3.63) is 46.4 Å². The van der Waals surface area contributed by atoms with Gasteiger partial charge in [-0.15, -0.1) is 22.9 Å². The molecule has 0 amide bonds. The average Bonchev–Trinajstić information content (AvgIpc) is 2.93. The van der Waals surface area contributed by atoms with Crippen LogP contribution < -0.4 is 4.74 Å². The molecule has 0 aliphatic rings. The van der Waals surface area contributed by atoms with Gasteiger partial charge in [-0.25, -0.2) is 4.98 Å². The van der Waals surface area contributed by atoms with E-state index in [1.165, 1.54) is 0 Å². The minimum Gasteiger partial charge on any atom is -0.491 e. The molecule has 0 spiro atoms. The van der Waals surface area contributed by atoms with Crippen LogP contribution in [0.4, 0.5) is 0 Å². The van der Waals surface area contributed by atoms with E-state index >= 15 is 0 Å². The van der Waals surface area contributed by atoms with Crippen molar-refractivity contribution in [2.45, 2.75) is 18.9 Å². The summed E-state index contributed by atoms with van der Waals surface area (Å²) in [6, 6.07) is 9.71. The molecule has 0 fully saturated rings. The maximum absolute atomic E-state index is 5.72. The first kappa shape index (κ1) is 14.3. The third-order valence-electron chi connectivity index (χ3n) is 2.52. The number of thiazole rings is 1. The number of nitrogens with zero attached hydrogens (tertiary/aromatic N) is 1. The highest BCUT2D eigenvalue weighted by Crippen LogP contribution is 2.21. The van der Waals surface area contributed by atoms with Gasteiger partial charge < -0.3 is 9.47 Å². The summed E-state index contributed by atoms with van der Waals surface area (Å²) in [7, 11) is 0. The number of halogens is 1. The van der Waals surface area contributed by atoms with Gasteiger partial charge in [0.25, 0.3) is 0 Å². The van der Waals surface area contributed by atoms with E-state index in [2.05, 4.69) is 4.98 Å². The van der Waals surface area contributed by atoms with Crippen molar-refractivity contribution >= 4 is 22.9 Å². The van der Waals surface area contributed by atoms with Gasteiger partial charge in [0.2, 0.25) is 0 Å². The van der Waals surface area contributed by atoms with Gasteiger partial charge in [-0.3, -0.25) is 0 Å². The molecule has 2 aromatic rings. The van der Waals surface area contributed by atoms with E-state index < -0.39 is 0 Å². The zero-order chi connectivity index (χ0) is 13.5. The van der Waals surface area contributed by atoms with Crippen LogP contribution in [0, 0.1) is 0 Å². The molecule has 1 aromatic carbocycles. The average molecular weight is 298 g/mol. The van der Waals surface area contributed by atoms with E-state index in [4.69, 9.17) is 21.1 Å². The van der Waals surface area contributed by atoms with Crippen LogP contribution in [0.15, 0.2) is 35.7 Å². The standard InChI is InChI=1S/C14H16ClNO2S/c1-11(14-16-12(9-15)10-19-14)17-7-8-18-13-5-3-2-4-6-13/h2-6,10-11H,7-9H2,1H3. The van der Waals surface area contributed by atoms with Crippen LogP contribution >= 0.6 is 22.9 Å². The highest BCUT2D eigenvalue weighted by molar-refractivity contribution is 7.09. The Kier molecular flexibility index (Phi) is 5.63. The van der Waals surface area contributed by atoms with Crippen LogP contribution in [0.2, 0.25) is 0 Å². The van der Waals surface area contributed by atoms with Gasteiger partial charge in [-0.1, -0.05) is 18.2 Å². The van der Waals surface area contributed by atoms with E-state index in [0.717, 1.165) is 16.5 Å². The normalized spacial score (nSPS) is 12.3. The summed E-state index contributed by atoms with van der Waals surface area (Å²) in [6.45, 7) is 3.05. The van der Waals surface area contributed by atoms with Gasteiger partial charge in [-0.2, -0.15) is 0 Å². The molecule has 1 heterocycles. The minimum atomic E-state index is -0.0265. The van der Waals surface area contributed by atoms with Crippen molar-refractivity contribution in [1.29, 1.82) is 0 Å². The first-order valence-electron chi connectivity index (χ1n) is 6.09. The summed E-state index contributed by atoms with van der Waals surface area (Å²) in [5, 5.41) is 2.92. The molecule has 1 atom stereocenters. The number of benzene rings is 1. The number of alkyl halides is 1. The lowest BCUT2D eigenvalue weighted by Gasteiger charge is -2.11. The van der Waals surface area contributed by atoms with E-state index in [1.807, 2.05) is 42.6 Å². The summed E-state index contributed by atoms with van der Waals surface area (Å²) >= 11 is 7.30. The van der Waals surface area contributed by atoms with Crippen LogP contribution in [0.25, 0.3) is 0 Å². The predicted molar refractivity (Wildman–Crippen MR) is 78.0 cm³/mol. The number of para-hydroxylation sites is 1. The Hall–Kier alpha value is -1.10. The zero-order valence-corrected chi connectivity index (χ0v) is 12.3. The van der Waals surface area contributed by atoms with Crippen LogP contribution in [0.3, 0.4) is 0 Å². The van der Waals surface area contributed by atoms with Crippen LogP contribution in [-0.4, -0.2) is 18.2 Å². The van der Waals surface area contributed by atoms with Crippen molar-refractivity contribution in [1.82, 2.24) is 4.98 Å². The van der Waals surface area contributed by atoms with E-state index in [-0.39, 0.29) is 6.10 Å². The Balaban J connectivity index is 1.70. The third kappa shape index (κ3) is 4.49. The second-order valence-corrected chi connectivity index (χ2v) is 5.14. The number of hydrogen-bond donors (Lipinski definition) is 0. The van der Waals surface area contributed by atoms with Gasteiger partial charge in [0, 0.05) is 5.38 Å². The lowest BCUT2D eigenvalue weighted by Crippen LogP contribution is -2.09. The van der Waals surface area contributed by atoms with E-state index in [9.17, 15) is 0 Å². The monoisotopic (exact) mass is 297 g/mol. The molecule has 5 heteroatoms. The molecule has 0 saturated heterocycles. The highest BCUT2D eigenvalue weighted by Gasteiger charge is 2.10. The van der Waals surface area contributed by atoms with Crippen molar-refractivity contribution in [3.63, 3.8) is 0 Å². The minimum absolute atomic E-state index is 0.0265. The maximum Gasteiger partial charge on any atom is 0.122 e.